The average Bonchev–Trinajstić information content (AvgIpc) is 3.96. The molecule has 58 heavy (non-hydrogen) atoms. The van der Waals surface area contributed by atoms with Crippen molar-refractivity contribution < 1.29 is 8.83 Å². The summed E-state index contributed by atoms with van der Waals surface area (Å²) in [5.41, 5.74) is 13.3. The van der Waals surface area contributed by atoms with Crippen LogP contribution in [0.5, 0.6) is 0 Å². The lowest BCUT2D eigenvalue weighted by Crippen LogP contribution is -2.10. The van der Waals surface area contributed by atoms with Crippen LogP contribution in [0.3, 0.4) is 0 Å². The molecule has 0 bridgehead atoms. The van der Waals surface area contributed by atoms with Crippen LogP contribution in [0, 0.1) is 0 Å². The lowest BCUT2D eigenvalue weighted by atomic mass is 10.0. The second-order valence-corrected chi connectivity index (χ2v) is 14.9. The zero-order valence-corrected chi connectivity index (χ0v) is 31.3. The van der Waals surface area contributed by atoms with Gasteiger partial charge in [0, 0.05) is 38.6 Å². The number of rotatable bonds is 6. The zero-order chi connectivity index (χ0) is 38.2. The van der Waals surface area contributed by atoms with Gasteiger partial charge in [-0.25, -0.2) is 0 Å². The molecule has 12 aromatic rings. The Morgan fingerprint density at radius 3 is 1.76 bits per heavy atom. The smallest absolute Gasteiger partial charge is 0.213 e. The Kier molecular flexibility index (Phi) is 7.20. The van der Waals surface area contributed by atoms with E-state index in [2.05, 4.69) is 198 Å². The first kappa shape index (κ1) is 32.4. The summed E-state index contributed by atoms with van der Waals surface area (Å²) in [7, 11) is 0. The third-order valence-corrected chi connectivity index (χ3v) is 11.6. The predicted molar refractivity (Wildman–Crippen MR) is 241 cm³/mol. The van der Waals surface area contributed by atoms with E-state index >= 15 is 0 Å². The highest BCUT2D eigenvalue weighted by molar-refractivity contribution is 6.20. The average molecular weight is 743 g/mol. The van der Waals surface area contributed by atoms with Gasteiger partial charge in [0.2, 0.25) is 5.71 Å². The number of aromatic nitrogens is 1. The van der Waals surface area contributed by atoms with Gasteiger partial charge in [-0.2, -0.15) is 0 Å². The lowest BCUT2D eigenvalue weighted by Gasteiger charge is -2.26. The normalized spacial score (nSPS) is 11.8. The number of hydrogen-bond acceptors (Lipinski definition) is 3. The second kappa shape index (κ2) is 12.9. The Bertz CT molecular complexity index is 3500. The Morgan fingerprint density at radius 2 is 0.983 bits per heavy atom. The van der Waals surface area contributed by atoms with E-state index in [4.69, 9.17) is 8.83 Å². The minimum absolute atomic E-state index is 0.854. The first-order chi connectivity index (χ1) is 28.7. The maximum atomic E-state index is 6.64. The summed E-state index contributed by atoms with van der Waals surface area (Å²) in [6.45, 7) is 0. The summed E-state index contributed by atoms with van der Waals surface area (Å²) in [5, 5.41) is 8.02. The SMILES string of the molecule is c1ccc(-c2ccc(N(c3ccc(-c4ccc5c6c7ccccc7oc6n(-c6ccc7ccccc7c6)c5c4)cc3)c3cccc4c3oc3ccccc34)cc2)cc1. The van der Waals surface area contributed by atoms with Crippen LogP contribution in [0.4, 0.5) is 17.1 Å². The quantitative estimate of drug-likeness (QED) is 0.170. The van der Waals surface area contributed by atoms with E-state index < -0.39 is 0 Å². The highest BCUT2D eigenvalue weighted by Gasteiger charge is 2.22. The number of hydrogen-bond donors (Lipinski definition) is 0. The lowest BCUT2D eigenvalue weighted by molar-refractivity contribution is 0.645. The molecule has 0 atom stereocenters. The molecule has 9 aromatic carbocycles. The van der Waals surface area contributed by atoms with Crippen molar-refractivity contribution >= 4 is 82.7 Å². The molecular weight excluding hydrogens is 709 g/mol. The molecule has 0 aliphatic heterocycles. The molecule has 12 rings (SSSR count). The van der Waals surface area contributed by atoms with E-state index in [-0.39, 0.29) is 0 Å². The van der Waals surface area contributed by atoms with Gasteiger partial charge in [-0.1, -0.05) is 146 Å². The Morgan fingerprint density at radius 1 is 0.379 bits per heavy atom. The molecule has 0 spiro atoms. The van der Waals surface area contributed by atoms with Crippen LogP contribution in [0.1, 0.15) is 0 Å². The molecule has 0 N–H and O–H groups in total. The number of fused-ring (bicyclic) bond motifs is 9. The van der Waals surface area contributed by atoms with Crippen molar-refractivity contribution in [1.82, 2.24) is 4.57 Å². The van der Waals surface area contributed by atoms with Gasteiger partial charge in [0.1, 0.15) is 11.2 Å². The topological polar surface area (TPSA) is 34.5 Å². The molecule has 0 saturated carbocycles. The van der Waals surface area contributed by atoms with Crippen molar-refractivity contribution in [1.29, 1.82) is 0 Å². The van der Waals surface area contributed by atoms with Crippen LogP contribution in [-0.4, -0.2) is 4.57 Å². The standard InChI is InChI=1S/C54H34N2O2/c1-2-11-35(12-3-1)37-21-27-41(28-22-37)55(48-18-10-17-45-44-15-6-8-19-50(44)57-53(45)48)42-29-23-38(24-30-42)40-26-32-46-49(34-40)56(43-31-25-36-13-4-5-14-39(36)33-43)54-52(46)47-16-7-9-20-51(47)58-54/h1-34H. The highest BCUT2D eigenvalue weighted by Crippen LogP contribution is 2.44. The fourth-order valence-electron chi connectivity index (χ4n) is 8.81. The van der Waals surface area contributed by atoms with Crippen molar-refractivity contribution in [2.45, 2.75) is 0 Å². The maximum Gasteiger partial charge on any atom is 0.213 e. The molecule has 4 heteroatoms. The van der Waals surface area contributed by atoms with Gasteiger partial charge in [0.25, 0.3) is 0 Å². The summed E-state index contributed by atoms with van der Waals surface area (Å²) in [6, 6.07) is 73.2. The Hall–Kier alpha value is -7.82. The first-order valence-electron chi connectivity index (χ1n) is 19.7. The van der Waals surface area contributed by atoms with Gasteiger partial charge >= 0.3 is 0 Å². The van der Waals surface area contributed by atoms with Crippen molar-refractivity contribution in [3.05, 3.63) is 206 Å². The molecule has 3 aromatic heterocycles. The van der Waals surface area contributed by atoms with E-state index in [9.17, 15) is 0 Å². The molecule has 0 saturated heterocycles. The molecule has 3 heterocycles. The predicted octanol–water partition coefficient (Wildman–Crippen LogP) is 15.4. The molecule has 0 unspecified atom stereocenters. The molecule has 0 amide bonds. The van der Waals surface area contributed by atoms with Crippen LogP contribution in [0.2, 0.25) is 0 Å². The summed E-state index contributed by atoms with van der Waals surface area (Å²) >= 11 is 0. The molecule has 0 radical (unpaired) electrons. The Labute approximate surface area is 334 Å². The summed E-state index contributed by atoms with van der Waals surface area (Å²) in [6.07, 6.45) is 0. The van der Waals surface area contributed by atoms with E-state index in [0.717, 1.165) is 88.8 Å². The summed E-state index contributed by atoms with van der Waals surface area (Å²) in [5.74, 6) is 0. The van der Waals surface area contributed by atoms with Gasteiger partial charge in [-0.15, -0.1) is 0 Å². The van der Waals surface area contributed by atoms with Gasteiger partial charge in [0.15, 0.2) is 5.58 Å². The molecule has 0 aliphatic rings. The molecule has 0 aliphatic carbocycles. The van der Waals surface area contributed by atoms with Crippen LogP contribution in [0.15, 0.2) is 215 Å². The van der Waals surface area contributed by atoms with Gasteiger partial charge in [-0.3, -0.25) is 4.57 Å². The second-order valence-electron chi connectivity index (χ2n) is 14.9. The number of furan rings is 2. The van der Waals surface area contributed by atoms with Gasteiger partial charge < -0.3 is 13.7 Å². The van der Waals surface area contributed by atoms with E-state index in [1.54, 1.807) is 0 Å². The number of nitrogens with zero attached hydrogens (tertiary/aromatic N) is 2. The van der Waals surface area contributed by atoms with Crippen LogP contribution < -0.4 is 4.90 Å². The number of anilines is 3. The molecule has 0 fully saturated rings. The van der Waals surface area contributed by atoms with Gasteiger partial charge in [-0.05, 0) is 93.7 Å². The molecule has 272 valence electrons. The highest BCUT2D eigenvalue weighted by atomic mass is 16.3. The Balaban J connectivity index is 1.00. The number of para-hydroxylation sites is 3. The zero-order valence-electron chi connectivity index (χ0n) is 31.3. The fourth-order valence-corrected chi connectivity index (χ4v) is 8.81. The van der Waals surface area contributed by atoms with Crippen molar-refractivity contribution in [3.8, 4) is 27.9 Å². The van der Waals surface area contributed by atoms with Crippen LogP contribution >= 0.6 is 0 Å². The van der Waals surface area contributed by atoms with Crippen molar-refractivity contribution in [2.75, 3.05) is 4.90 Å². The van der Waals surface area contributed by atoms with Crippen molar-refractivity contribution in [3.63, 3.8) is 0 Å². The van der Waals surface area contributed by atoms with Crippen molar-refractivity contribution in [2.24, 2.45) is 0 Å². The van der Waals surface area contributed by atoms with Crippen LogP contribution in [0.25, 0.3) is 93.6 Å². The fraction of sp³-hybridized carbons (Fsp3) is 0. The summed E-state index contributed by atoms with van der Waals surface area (Å²) in [4.78, 5) is 2.30. The molecular formula is C54H34N2O2. The van der Waals surface area contributed by atoms with E-state index in [0.29, 0.717) is 0 Å². The minimum Gasteiger partial charge on any atom is -0.454 e. The summed E-state index contributed by atoms with van der Waals surface area (Å²) < 4.78 is 15.5. The third kappa shape index (κ3) is 5.09. The largest absolute Gasteiger partial charge is 0.454 e. The number of benzene rings is 9. The van der Waals surface area contributed by atoms with E-state index in [1.165, 1.54) is 21.9 Å². The molecule has 4 nitrogen and oxygen atoms in total. The van der Waals surface area contributed by atoms with E-state index in [1.807, 2.05) is 18.2 Å². The van der Waals surface area contributed by atoms with Crippen LogP contribution in [-0.2, 0) is 0 Å². The maximum absolute atomic E-state index is 6.64. The van der Waals surface area contributed by atoms with Gasteiger partial charge in [0.05, 0.1) is 16.6 Å². The monoisotopic (exact) mass is 742 g/mol. The first-order valence-corrected chi connectivity index (χ1v) is 19.7. The minimum atomic E-state index is 0.854. The third-order valence-electron chi connectivity index (χ3n) is 11.6.